The van der Waals surface area contributed by atoms with Gasteiger partial charge in [-0.15, -0.1) is 0 Å². The monoisotopic (exact) mass is 248 g/mol. The van der Waals surface area contributed by atoms with Crippen molar-refractivity contribution < 1.29 is 5.11 Å². The number of aromatic nitrogens is 2. The Morgan fingerprint density at radius 1 is 1.28 bits per heavy atom. The molecule has 0 saturated heterocycles. The summed E-state index contributed by atoms with van der Waals surface area (Å²) in [5.74, 6) is 3.03. The van der Waals surface area contributed by atoms with E-state index < -0.39 is 0 Å². The molecule has 0 aliphatic heterocycles. The zero-order chi connectivity index (χ0) is 12.5. The van der Waals surface area contributed by atoms with Crippen molar-refractivity contribution in [2.24, 2.45) is 5.92 Å². The third kappa shape index (κ3) is 2.56. The summed E-state index contributed by atoms with van der Waals surface area (Å²) < 4.78 is 0. The summed E-state index contributed by atoms with van der Waals surface area (Å²) in [4.78, 5) is 8.77. The molecule has 0 radical (unpaired) electrons. The minimum atomic E-state index is -0.167. The van der Waals surface area contributed by atoms with Crippen molar-refractivity contribution in [1.82, 2.24) is 9.97 Å². The first kappa shape index (κ1) is 11.7. The second-order valence-corrected chi connectivity index (χ2v) is 5.45. The average Bonchev–Trinajstić information content (AvgIpc) is 3.11. The SMILES string of the molecule is Nc1cc(NCC2CCCC2O)nc(C2CC2)n1. The molecule has 18 heavy (non-hydrogen) atoms. The second-order valence-electron chi connectivity index (χ2n) is 5.45. The lowest BCUT2D eigenvalue weighted by atomic mass is 10.1. The van der Waals surface area contributed by atoms with Crippen LogP contribution in [0.1, 0.15) is 43.8 Å². The molecular weight excluding hydrogens is 228 g/mol. The Bertz CT molecular complexity index is 433. The van der Waals surface area contributed by atoms with Crippen LogP contribution in [0.15, 0.2) is 6.07 Å². The van der Waals surface area contributed by atoms with E-state index in [1.54, 1.807) is 6.07 Å². The van der Waals surface area contributed by atoms with Crippen molar-refractivity contribution in [3.05, 3.63) is 11.9 Å². The molecule has 4 N–H and O–H groups in total. The summed E-state index contributed by atoms with van der Waals surface area (Å²) >= 11 is 0. The lowest BCUT2D eigenvalue weighted by Gasteiger charge is -2.15. The third-order valence-electron chi connectivity index (χ3n) is 3.87. The van der Waals surface area contributed by atoms with Gasteiger partial charge in [-0.3, -0.25) is 0 Å². The van der Waals surface area contributed by atoms with E-state index in [1.807, 2.05) is 0 Å². The van der Waals surface area contributed by atoms with Crippen LogP contribution in [0.2, 0.25) is 0 Å². The Labute approximate surface area is 107 Å². The van der Waals surface area contributed by atoms with Crippen LogP contribution in [0.3, 0.4) is 0 Å². The van der Waals surface area contributed by atoms with Gasteiger partial charge in [0.05, 0.1) is 6.10 Å². The summed E-state index contributed by atoms with van der Waals surface area (Å²) in [6.45, 7) is 0.766. The fourth-order valence-corrected chi connectivity index (χ4v) is 2.59. The standard InChI is InChI=1S/C13H20N4O/c14-11-6-12(17-13(16-11)8-4-5-8)15-7-9-2-1-3-10(9)18/h6,8-10,18H,1-5,7H2,(H3,14,15,16,17). The number of nitrogens with two attached hydrogens (primary N) is 1. The van der Waals surface area contributed by atoms with Crippen molar-refractivity contribution in [3.8, 4) is 0 Å². The van der Waals surface area contributed by atoms with E-state index in [1.165, 1.54) is 12.8 Å². The molecule has 2 fully saturated rings. The van der Waals surface area contributed by atoms with E-state index in [0.717, 1.165) is 37.4 Å². The Morgan fingerprint density at radius 2 is 2.11 bits per heavy atom. The van der Waals surface area contributed by atoms with E-state index in [-0.39, 0.29) is 6.10 Å². The molecule has 0 bridgehead atoms. The number of aliphatic hydroxyl groups is 1. The van der Waals surface area contributed by atoms with Crippen molar-refractivity contribution >= 4 is 11.6 Å². The second kappa shape index (κ2) is 4.72. The number of rotatable bonds is 4. The van der Waals surface area contributed by atoms with Crippen molar-refractivity contribution in [3.63, 3.8) is 0 Å². The Kier molecular flexibility index (Phi) is 3.07. The molecule has 1 heterocycles. The molecule has 2 atom stereocenters. The van der Waals surface area contributed by atoms with Gasteiger partial charge in [0.1, 0.15) is 17.5 Å². The maximum absolute atomic E-state index is 9.78. The van der Waals surface area contributed by atoms with Crippen LogP contribution in [0.25, 0.3) is 0 Å². The molecule has 2 aliphatic carbocycles. The molecule has 2 aliphatic rings. The Hall–Kier alpha value is -1.36. The number of nitrogen functional groups attached to an aromatic ring is 1. The molecule has 0 amide bonds. The predicted molar refractivity (Wildman–Crippen MR) is 70.3 cm³/mol. The number of aliphatic hydroxyl groups excluding tert-OH is 1. The van der Waals surface area contributed by atoms with Gasteiger partial charge in [0.15, 0.2) is 0 Å². The average molecular weight is 248 g/mol. The number of anilines is 2. The van der Waals surface area contributed by atoms with Crippen molar-refractivity contribution in [2.45, 2.75) is 44.1 Å². The first-order valence-corrected chi connectivity index (χ1v) is 6.79. The highest BCUT2D eigenvalue weighted by Crippen LogP contribution is 2.38. The zero-order valence-corrected chi connectivity index (χ0v) is 10.5. The quantitative estimate of drug-likeness (QED) is 0.752. The maximum atomic E-state index is 9.78. The molecule has 5 heteroatoms. The van der Waals surface area contributed by atoms with Gasteiger partial charge in [-0.25, -0.2) is 9.97 Å². The van der Waals surface area contributed by atoms with Crippen LogP contribution in [0.4, 0.5) is 11.6 Å². The molecule has 1 aromatic heterocycles. The van der Waals surface area contributed by atoms with E-state index in [2.05, 4.69) is 15.3 Å². The smallest absolute Gasteiger partial charge is 0.136 e. The molecule has 0 aromatic carbocycles. The fourth-order valence-electron chi connectivity index (χ4n) is 2.59. The number of hydrogen-bond donors (Lipinski definition) is 3. The normalized spacial score (nSPS) is 27.4. The Balaban J connectivity index is 1.64. The van der Waals surface area contributed by atoms with Gasteiger partial charge < -0.3 is 16.2 Å². The van der Waals surface area contributed by atoms with Gasteiger partial charge in [-0.05, 0) is 25.7 Å². The molecule has 2 unspecified atom stereocenters. The van der Waals surface area contributed by atoms with Crippen LogP contribution >= 0.6 is 0 Å². The minimum absolute atomic E-state index is 0.167. The highest BCUT2D eigenvalue weighted by molar-refractivity contribution is 5.45. The number of hydrogen-bond acceptors (Lipinski definition) is 5. The molecular formula is C13H20N4O. The van der Waals surface area contributed by atoms with Crippen molar-refractivity contribution in [1.29, 1.82) is 0 Å². The lowest BCUT2D eigenvalue weighted by molar-refractivity contribution is 0.138. The molecule has 98 valence electrons. The lowest BCUT2D eigenvalue weighted by Crippen LogP contribution is -2.22. The molecule has 0 spiro atoms. The third-order valence-corrected chi connectivity index (χ3v) is 3.87. The summed E-state index contributed by atoms with van der Waals surface area (Å²) in [5, 5.41) is 13.1. The summed E-state index contributed by atoms with van der Waals surface area (Å²) in [7, 11) is 0. The first-order valence-electron chi connectivity index (χ1n) is 6.79. The molecule has 1 aromatic rings. The van der Waals surface area contributed by atoms with Gasteiger partial charge in [0.25, 0.3) is 0 Å². The zero-order valence-electron chi connectivity index (χ0n) is 10.5. The molecule has 3 rings (SSSR count). The fraction of sp³-hybridized carbons (Fsp3) is 0.692. The van der Waals surface area contributed by atoms with E-state index in [9.17, 15) is 5.11 Å². The van der Waals surface area contributed by atoms with Crippen LogP contribution in [-0.4, -0.2) is 27.7 Å². The van der Waals surface area contributed by atoms with E-state index >= 15 is 0 Å². The number of nitrogens with zero attached hydrogens (tertiary/aromatic N) is 2. The summed E-state index contributed by atoms with van der Waals surface area (Å²) in [6.07, 6.45) is 5.30. The van der Waals surface area contributed by atoms with E-state index in [0.29, 0.717) is 17.7 Å². The van der Waals surface area contributed by atoms with Crippen LogP contribution in [0, 0.1) is 5.92 Å². The Morgan fingerprint density at radius 3 is 2.78 bits per heavy atom. The van der Waals surface area contributed by atoms with Crippen molar-refractivity contribution in [2.75, 3.05) is 17.6 Å². The highest BCUT2D eigenvalue weighted by atomic mass is 16.3. The van der Waals surface area contributed by atoms with Gasteiger partial charge in [-0.1, -0.05) is 6.42 Å². The predicted octanol–water partition coefficient (Wildman–Crippen LogP) is 1.51. The van der Waals surface area contributed by atoms with Crippen LogP contribution in [0.5, 0.6) is 0 Å². The largest absolute Gasteiger partial charge is 0.393 e. The summed E-state index contributed by atoms with van der Waals surface area (Å²) in [5.41, 5.74) is 5.80. The highest BCUT2D eigenvalue weighted by Gasteiger charge is 2.28. The summed E-state index contributed by atoms with van der Waals surface area (Å²) in [6, 6.07) is 1.77. The van der Waals surface area contributed by atoms with Crippen LogP contribution < -0.4 is 11.1 Å². The first-order chi connectivity index (χ1) is 8.72. The van der Waals surface area contributed by atoms with Gasteiger partial charge in [0.2, 0.25) is 0 Å². The van der Waals surface area contributed by atoms with Crippen LogP contribution in [-0.2, 0) is 0 Å². The number of nitrogens with one attached hydrogen (secondary N) is 1. The molecule has 5 nitrogen and oxygen atoms in total. The minimum Gasteiger partial charge on any atom is -0.393 e. The van der Waals surface area contributed by atoms with E-state index in [4.69, 9.17) is 5.73 Å². The van der Waals surface area contributed by atoms with Gasteiger partial charge >= 0.3 is 0 Å². The topological polar surface area (TPSA) is 84.1 Å². The maximum Gasteiger partial charge on any atom is 0.136 e. The van der Waals surface area contributed by atoms with Gasteiger partial charge in [-0.2, -0.15) is 0 Å². The van der Waals surface area contributed by atoms with Gasteiger partial charge in [0, 0.05) is 24.4 Å². The molecule has 2 saturated carbocycles.